The van der Waals surface area contributed by atoms with E-state index in [1.165, 1.54) is 22.1 Å². The number of furan rings is 1. The first-order valence-corrected chi connectivity index (χ1v) is 17.0. The molecule has 0 saturated carbocycles. The first-order valence-electron chi connectivity index (χ1n) is 17.0. The van der Waals surface area contributed by atoms with Crippen molar-refractivity contribution in [3.8, 4) is 33.9 Å². The molecule has 0 unspecified atom stereocenters. The molecule has 0 spiro atoms. The lowest BCUT2D eigenvalue weighted by Crippen LogP contribution is -2.17. The van der Waals surface area contributed by atoms with Crippen molar-refractivity contribution in [1.82, 2.24) is 15.0 Å². The molecule has 0 fully saturated rings. The van der Waals surface area contributed by atoms with Crippen molar-refractivity contribution in [2.75, 3.05) is 0 Å². The van der Waals surface area contributed by atoms with Crippen LogP contribution in [0, 0.1) is 0 Å². The average Bonchev–Trinajstić information content (AvgIpc) is 3.57. The fourth-order valence-electron chi connectivity index (χ4n) is 8.22. The Morgan fingerprint density at radius 3 is 2.15 bits per heavy atom. The van der Waals surface area contributed by atoms with Crippen molar-refractivity contribution in [2.45, 2.75) is 57.8 Å². The number of aromatic nitrogens is 3. The topological polar surface area (TPSA) is 51.8 Å². The lowest BCUT2D eigenvalue weighted by atomic mass is 9.82. The number of allylic oxidation sites excluding steroid dienone is 4. The molecule has 0 amide bonds. The quantitative estimate of drug-likeness (QED) is 0.196. The van der Waals surface area contributed by atoms with Crippen LogP contribution in [-0.4, -0.2) is 15.0 Å². The fourth-order valence-corrected chi connectivity index (χ4v) is 8.22. The fraction of sp³-hybridized carbons (Fsp3) is 0.205. The highest BCUT2D eigenvalue weighted by Crippen LogP contribution is 2.50. The zero-order valence-electron chi connectivity index (χ0n) is 27.8. The van der Waals surface area contributed by atoms with E-state index in [9.17, 15) is 0 Å². The maximum absolute atomic E-state index is 6.62. The molecule has 234 valence electrons. The number of para-hydroxylation sites is 1. The van der Waals surface area contributed by atoms with Gasteiger partial charge in [-0.1, -0.05) is 119 Å². The van der Waals surface area contributed by atoms with Crippen LogP contribution in [0.15, 0.2) is 120 Å². The molecule has 0 aliphatic heterocycles. The lowest BCUT2D eigenvalue weighted by molar-refractivity contribution is 0.403. The molecule has 0 radical (unpaired) electrons. The van der Waals surface area contributed by atoms with Gasteiger partial charge < -0.3 is 4.42 Å². The van der Waals surface area contributed by atoms with Crippen molar-refractivity contribution in [3.05, 3.63) is 132 Å². The second kappa shape index (κ2) is 10.6. The molecule has 0 atom stereocenters. The summed E-state index contributed by atoms with van der Waals surface area (Å²) >= 11 is 0. The summed E-state index contributed by atoms with van der Waals surface area (Å²) in [5.74, 6) is 2.07. The largest absolute Gasteiger partial charge is 0.455 e. The van der Waals surface area contributed by atoms with Crippen LogP contribution in [0.2, 0.25) is 0 Å². The third kappa shape index (κ3) is 4.70. The van der Waals surface area contributed by atoms with Gasteiger partial charge in [0.05, 0.1) is 0 Å². The molecule has 0 saturated heterocycles. The van der Waals surface area contributed by atoms with Crippen molar-refractivity contribution in [3.63, 3.8) is 0 Å². The van der Waals surface area contributed by atoms with Crippen LogP contribution in [-0.2, 0) is 10.8 Å². The predicted molar refractivity (Wildman–Crippen MR) is 198 cm³/mol. The molecule has 4 nitrogen and oxygen atoms in total. The molecule has 2 heterocycles. The summed E-state index contributed by atoms with van der Waals surface area (Å²) in [6.07, 6.45) is 9.44. The third-order valence-corrected chi connectivity index (χ3v) is 10.4. The summed E-state index contributed by atoms with van der Waals surface area (Å²) in [5.41, 5.74) is 10.3. The molecule has 7 aromatic rings. The Balaban J connectivity index is 1.18. The Hall–Kier alpha value is -5.35. The van der Waals surface area contributed by atoms with Gasteiger partial charge in [-0.15, -0.1) is 0 Å². The Labute approximate surface area is 280 Å². The number of benzene rings is 5. The van der Waals surface area contributed by atoms with Gasteiger partial charge in [-0.25, -0.2) is 15.0 Å². The van der Waals surface area contributed by atoms with Gasteiger partial charge in [0.1, 0.15) is 11.2 Å². The normalized spacial score (nSPS) is 16.5. The summed E-state index contributed by atoms with van der Waals surface area (Å²) < 4.78 is 6.62. The molecule has 9 rings (SSSR count). The highest BCUT2D eigenvalue weighted by molar-refractivity contribution is 6.10. The molecule has 0 bridgehead atoms. The van der Waals surface area contributed by atoms with Crippen LogP contribution >= 0.6 is 0 Å². The summed E-state index contributed by atoms with van der Waals surface area (Å²) in [4.78, 5) is 15.1. The van der Waals surface area contributed by atoms with E-state index in [0.717, 1.165) is 74.7 Å². The Bertz CT molecular complexity index is 2490. The summed E-state index contributed by atoms with van der Waals surface area (Å²) in [6.45, 7) is 9.46. The van der Waals surface area contributed by atoms with E-state index in [4.69, 9.17) is 19.4 Å². The summed E-state index contributed by atoms with van der Waals surface area (Å²) in [6, 6.07) is 34.6. The number of hydrogen-bond donors (Lipinski definition) is 0. The van der Waals surface area contributed by atoms with Gasteiger partial charge in [-0.05, 0) is 87.4 Å². The van der Waals surface area contributed by atoms with E-state index in [-0.39, 0.29) is 10.8 Å². The number of fused-ring (bicyclic) bond motifs is 5. The Morgan fingerprint density at radius 2 is 1.33 bits per heavy atom. The molecule has 0 N–H and O–H groups in total. The van der Waals surface area contributed by atoms with Crippen molar-refractivity contribution >= 4 is 38.3 Å². The highest BCUT2D eigenvalue weighted by atomic mass is 16.3. The molecular formula is C44H37N3O. The van der Waals surface area contributed by atoms with E-state index in [1.807, 2.05) is 0 Å². The molecule has 4 heteroatoms. The Morgan fingerprint density at radius 1 is 0.604 bits per heavy atom. The van der Waals surface area contributed by atoms with Crippen LogP contribution in [0.25, 0.3) is 72.2 Å². The molecule has 2 aliphatic rings. The average molecular weight is 624 g/mol. The first-order chi connectivity index (χ1) is 23.2. The minimum absolute atomic E-state index is 0.130. The van der Waals surface area contributed by atoms with E-state index < -0.39 is 0 Å². The van der Waals surface area contributed by atoms with Crippen molar-refractivity contribution in [2.24, 2.45) is 0 Å². The van der Waals surface area contributed by atoms with Gasteiger partial charge in [0.25, 0.3) is 0 Å². The molecule has 2 aliphatic carbocycles. The van der Waals surface area contributed by atoms with E-state index in [1.54, 1.807) is 0 Å². The minimum Gasteiger partial charge on any atom is -0.455 e. The van der Waals surface area contributed by atoms with E-state index in [2.05, 4.69) is 143 Å². The summed E-state index contributed by atoms with van der Waals surface area (Å²) in [7, 11) is 0. The first kappa shape index (κ1) is 28.8. The standard InChI is InChI=1S/C44H37N3O/c1-43(2)26-44(3,4)37-25-30(19-21-36(37)43)33-15-10-16-34-35-24-32(20-22-38(35)48-39(33)34)42-46-40(28-12-6-5-7-13-28)45-41(47-42)31-18-17-27-11-8-9-14-29(27)23-31/h5-6,8-12,14-25H,7,13,26H2,1-4H3. The molecule has 2 aromatic heterocycles. The lowest BCUT2D eigenvalue weighted by Gasteiger charge is -2.22. The van der Waals surface area contributed by atoms with Gasteiger partial charge in [0, 0.05) is 27.5 Å². The number of hydrogen-bond acceptors (Lipinski definition) is 4. The second-order valence-corrected chi connectivity index (χ2v) is 14.7. The van der Waals surface area contributed by atoms with E-state index in [0.29, 0.717) is 11.6 Å². The van der Waals surface area contributed by atoms with Crippen molar-refractivity contribution < 1.29 is 4.42 Å². The van der Waals surface area contributed by atoms with Crippen LogP contribution in [0.4, 0.5) is 0 Å². The minimum atomic E-state index is 0.130. The van der Waals surface area contributed by atoms with Crippen LogP contribution in [0.3, 0.4) is 0 Å². The SMILES string of the molecule is CC1(C)CC(C)(C)c2cc(-c3cccc4c3oc3ccc(-c5nc(C6=CC=CCC6)nc(-c6ccc7ccccc7c6)n5)cc34)ccc21. The van der Waals surface area contributed by atoms with Gasteiger partial charge in [-0.2, -0.15) is 0 Å². The second-order valence-electron chi connectivity index (χ2n) is 14.7. The molecule has 48 heavy (non-hydrogen) atoms. The monoisotopic (exact) mass is 623 g/mol. The zero-order valence-corrected chi connectivity index (χ0v) is 27.8. The third-order valence-electron chi connectivity index (χ3n) is 10.4. The van der Waals surface area contributed by atoms with Crippen LogP contribution < -0.4 is 0 Å². The van der Waals surface area contributed by atoms with Gasteiger partial charge in [-0.3, -0.25) is 0 Å². The van der Waals surface area contributed by atoms with Crippen LogP contribution in [0.1, 0.15) is 63.9 Å². The highest BCUT2D eigenvalue weighted by Gasteiger charge is 2.41. The smallest absolute Gasteiger partial charge is 0.164 e. The predicted octanol–water partition coefficient (Wildman–Crippen LogP) is 11.6. The van der Waals surface area contributed by atoms with E-state index >= 15 is 0 Å². The van der Waals surface area contributed by atoms with Gasteiger partial charge in [0.2, 0.25) is 0 Å². The Kier molecular flexibility index (Phi) is 6.36. The maximum atomic E-state index is 6.62. The summed E-state index contributed by atoms with van der Waals surface area (Å²) in [5, 5.41) is 4.51. The van der Waals surface area contributed by atoms with Gasteiger partial charge in [0.15, 0.2) is 17.5 Å². The number of nitrogens with zero attached hydrogens (tertiary/aromatic N) is 3. The van der Waals surface area contributed by atoms with Crippen LogP contribution in [0.5, 0.6) is 0 Å². The van der Waals surface area contributed by atoms with Crippen molar-refractivity contribution in [1.29, 1.82) is 0 Å². The maximum Gasteiger partial charge on any atom is 0.164 e. The molecular weight excluding hydrogens is 587 g/mol. The molecule has 5 aromatic carbocycles. The van der Waals surface area contributed by atoms with Gasteiger partial charge >= 0.3 is 0 Å². The zero-order chi connectivity index (χ0) is 32.6. The number of rotatable bonds is 4.